The molecule has 1 aromatic heterocycles. The van der Waals surface area contributed by atoms with Crippen molar-refractivity contribution in [3.8, 4) is 17.5 Å². The number of benzene rings is 2. The third-order valence-corrected chi connectivity index (χ3v) is 4.80. The van der Waals surface area contributed by atoms with E-state index in [-0.39, 0.29) is 23.6 Å². The van der Waals surface area contributed by atoms with Crippen molar-refractivity contribution < 1.29 is 23.2 Å². The van der Waals surface area contributed by atoms with E-state index in [4.69, 9.17) is 14.0 Å². The van der Waals surface area contributed by atoms with Crippen LogP contribution >= 0.6 is 0 Å². The Morgan fingerprint density at radius 1 is 1.21 bits per heavy atom. The van der Waals surface area contributed by atoms with Gasteiger partial charge >= 0.3 is 6.01 Å². The zero-order chi connectivity index (χ0) is 20.2. The van der Waals surface area contributed by atoms with Crippen LogP contribution < -0.4 is 9.47 Å². The van der Waals surface area contributed by atoms with Gasteiger partial charge in [0.25, 0.3) is 5.91 Å². The van der Waals surface area contributed by atoms with Gasteiger partial charge in [-0.2, -0.15) is 4.98 Å². The molecular weight excluding hydrogens is 377 g/mol. The summed E-state index contributed by atoms with van der Waals surface area (Å²) in [5.41, 5.74) is 0.575. The summed E-state index contributed by atoms with van der Waals surface area (Å²) in [7, 11) is 1.57. The Kier molecular flexibility index (Phi) is 5.41. The summed E-state index contributed by atoms with van der Waals surface area (Å²) < 4.78 is 29.3. The SMILES string of the molecule is COc1cccc(C(=O)N2CCCC(c3nc(Oc4cccc(F)c4)no3)C2)c1. The number of rotatable bonds is 5. The van der Waals surface area contributed by atoms with Gasteiger partial charge in [0.1, 0.15) is 17.3 Å². The summed E-state index contributed by atoms with van der Waals surface area (Å²) in [5, 5.41) is 3.82. The Bertz CT molecular complexity index is 1010. The second kappa shape index (κ2) is 8.30. The smallest absolute Gasteiger partial charge is 0.359 e. The first kappa shape index (κ1) is 18.9. The lowest BCUT2D eigenvalue weighted by Crippen LogP contribution is -2.39. The first-order valence-electron chi connectivity index (χ1n) is 9.33. The summed E-state index contributed by atoms with van der Waals surface area (Å²) in [4.78, 5) is 18.9. The molecule has 1 atom stereocenters. The predicted molar refractivity (Wildman–Crippen MR) is 102 cm³/mol. The van der Waals surface area contributed by atoms with Crippen molar-refractivity contribution in [2.75, 3.05) is 20.2 Å². The average Bonchev–Trinajstić information content (AvgIpc) is 3.22. The lowest BCUT2D eigenvalue weighted by atomic mass is 9.97. The number of nitrogens with zero attached hydrogens (tertiary/aromatic N) is 3. The Balaban J connectivity index is 1.44. The Morgan fingerprint density at radius 3 is 2.86 bits per heavy atom. The van der Waals surface area contributed by atoms with Crippen molar-refractivity contribution in [3.63, 3.8) is 0 Å². The lowest BCUT2D eigenvalue weighted by Gasteiger charge is -2.31. The van der Waals surface area contributed by atoms with Gasteiger partial charge < -0.3 is 18.9 Å². The van der Waals surface area contributed by atoms with Gasteiger partial charge in [-0.15, -0.1) is 0 Å². The fourth-order valence-corrected chi connectivity index (χ4v) is 3.37. The number of aromatic nitrogens is 2. The molecule has 4 rings (SSSR count). The van der Waals surface area contributed by atoms with Gasteiger partial charge in [0.05, 0.1) is 13.0 Å². The second-order valence-electron chi connectivity index (χ2n) is 6.80. The first-order chi connectivity index (χ1) is 14.1. The van der Waals surface area contributed by atoms with E-state index in [2.05, 4.69) is 10.1 Å². The number of carbonyl (C=O) groups is 1. The van der Waals surface area contributed by atoms with E-state index in [0.29, 0.717) is 30.3 Å². The summed E-state index contributed by atoms with van der Waals surface area (Å²) in [6.45, 7) is 1.13. The molecule has 29 heavy (non-hydrogen) atoms. The maximum atomic E-state index is 13.3. The molecule has 0 bridgehead atoms. The largest absolute Gasteiger partial charge is 0.497 e. The minimum atomic E-state index is -0.412. The van der Waals surface area contributed by atoms with Crippen molar-refractivity contribution in [1.82, 2.24) is 15.0 Å². The fourth-order valence-electron chi connectivity index (χ4n) is 3.37. The van der Waals surface area contributed by atoms with Gasteiger partial charge in [0.2, 0.25) is 5.89 Å². The molecule has 0 N–H and O–H groups in total. The van der Waals surface area contributed by atoms with Crippen LogP contribution in [0.1, 0.15) is 35.0 Å². The Hall–Kier alpha value is -3.42. The highest BCUT2D eigenvalue weighted by atomic mass is 19.1. The molecule has 150 valence electrons. The van der Waals surface area contributed by atoms with Crippen molar-refractivity contribution in [2.45, 2.75) is 18.8 Å². The molecule has 1 aliphatic rings. The minimum absolute atomic E-state index is 0.0156. The summed E-state index contributed by atoms with van der Waals surface area (Å²) in [6, 6.07) is 12.8. The van der Waals surface area contributed by atoms with Crippen LogP contribution in [-0.4, -0.2) is 41.1 Å². The number of ether oxygens (including phenoxy) is 2. The third-order valence-electron chi connectivity index (χ3n) is 4.80. The van der Waals surface area contributed by atoms with E-state index in [1.807, 2.05) is 0 Å². The van der Waals surface area contributed by atoms with Crippen LogP contribution in [0.3, 0.4) is 0 Å². The molecule has 0 spiro atoms. The number of halogens is 1. The van der Waals surface area contributed by atoms with E-state index >= 15 is 0 Å². The molecule has 0 aliphatic carbocycles. The first-order valence-corrected chi connectivity index (χ1v) is 9.33. The van der Waals surface area contributed by atoms with E-state index in [1.54, 1.807) is 42.3 Å². The van der Waals surface area contributed by atoms with E-state index in [1.165, 1.54) is 18.2 Å². The van der Waals surface area contributed by atoms with Crippen LogP contribution in [0.2, 0.25) is 0 Å². The minimum Gasteiger partial charge on any atom is -0.497 e. The normalized spacial score (nSPS) is 16.5. The molecule has 0 saturated carbocycles. The van der Waals surface area contributed by atoms with Crippen LogP contribution in [0.25, 0.3) is 0 Å². The number of carbonyl (C=O) groups excluding carboxylic acids is 1. The lowest BCUT2D eigenvalue weighted by molar-refractivity contribution is 0.0695. The standard InChI is InChI=1S/C21H20FN3O4/c1-27-17-8-2-5-14(11-17)20(26)25-10-4-6-15(13-25)19-23-21(24-29-19)28-18-9-3-7-16(22)12-18/h2-3,5,7-9,11-12,15H,4,6,10,13H2,1H3. The number of piperidine rings is 1. The fraction of sp³-hybridized carbons (Fsp3) is 0.286. The van der Waals surface area contributed by atoms with Gasteiger partial charge in [0, 0.05) is 24.7 Å². The third kappa shape index (κ3) is 4.37. The molecule has 1 aliphatic heterocycles. The molecule has 1 fully saturated rings. The topological polar surface area (TPSA) is 77.7 Å². The summed E-state index contributed by atoms with van der Waals surface area (Å²) in [6.07, 6.45) is 1.65. The van der Waals surface area contributed by atoms with Gasteiger partial charge in [-0.1, -0.05) is 12.1 Å². The molecular formula is C21H20FN3O4. The number of hydrogen-bond acceptors (Lipinski definition) is 6. The van der Waals surface area contributed by atoms with Crippen LogP contribution in [0.5, 0.6) is 17.5 Å². The number of likely N-dealkylation sites (tertiary alicyclic amines) is 1. The van der Waals surface area contributed by atoms with E-state index in [9.17, 15) is 9.18 Å². The highest BCUT2D eigenvalue weighted by molar-refractivity contribution is 5.94. The molecule has 7 nitrogen and oxygen atoms in total. The van der Waals surface area contributed by atoms with E-state index in [0.717, 1.165) is 12.8 Å². The second-order valence-corrected chi connectivity index (χ2v) is 6.80. The molecule has 1 amide bonds. The highest BCUT2D eigenvalue weighted by Crippen LogP contribution is 2.29. The van der Waals surface area contributed by atoms with Gasteiger partial charge in [-0.25, -0.2) is 4.39 Å². The Labute approximate surface area is 167 Å². The zero-order valence-electron chi connectivity index (χ0n) is 15.9. The molecule has 3 aromatic rings. The van der Waals surface area contributed by atoms with Crippen LogP contribution in [0, 0.1) is 5.82 Å². The van der Waals surface area contributed by atoms with Gasteiger partial charge in [-0.3, -0.25) is 4.79 Å². The molecule has 1 unspecified atom stereocenters. The number of methoxy groups -OCH3 is 1. The van der Waals surface area contributed by atoms with Gasteiger partial charge in [-0.05, 0) is 48.3 Å². The predicted octanol–water partition coefficient (Wildman–Crippen LogP) is 4.03. The van der Waals surface area contributed by atoms with Crippen molar-refractivity contribution in [2.24, 2.45) is 0 Å². The highest BCUT2D eigenvalue weighted by Gasteiger charge is 2.29. The molecule has 0 radical (unpaired) electrons. The van der Waals surface area contributed by atoms with E-state index < -0.39 is 5.82 Å². The molecule has 2 heterocycles. The average molecular weight is 397 g/mol. The number of hydrogen-bond donors (Lipinski definition) is 0. The maximum absolute atomic E-state index is 13.3. The maximum Gasteiger partial charge on any atom is 0.359 e. The summed E-state index contributed by atoms with van der Waals surface area (Å²) in [5.74, 6) is 0.765. The van der Waals surface area contributed by atoms with Crippen molar-refractivity contribution in [3.05, 3.63) is 65.8 Å². The van der Waals surface area contributed by atoms with Crippen LogP contribution in [-0.2, 0) is 0 Å². The quantitative estimate of drug-likeness (QED) is 0.647. The van der Waals surface area contributed by atoms with Crippen molar-refractivity contribution in [1.29, 1.82) is 0 Å². The zero-order valence-corrected chi connectivity index (χ0v) is 15.9. The van der Waals surface area contributed by atoms with Crippen molar-refractivity contribution >= 4 is 5.91 Å². The molecule has 8 heteroatoms. The van der Waals surface area contributed by atoms with Crippen LogP contribution in [0.15, 0.2) is 53.1 Å². The molecule has 2 aromatic carbocycles. The van der Waals surface area contributed by atoms with Crippen LogP contribution in [0.4, 0.5) is 4.39 Å². The Morgan fingerprint density at radius 2 is 2.03 bits per heavy atom. The number of amides is 1. The monoisotopic (exact) mass is 397 g/mol. The molecule has 1 saturated heterocycles. The summed E-state index contributed by atoms with van der Waals surface area (Å²) >= 11 is 0. The van der Waals surface area contributed by atoms with Gasteiger partial charge in [0.15, 0.2) is 0 Å².